The quantitative estimate of drug-likeness (QED) is 0.315. The van der Waals surface area contributed by atoms with Crippen molar-refractivity contribution in [3.63, 3.8) is 0 Å². The Morgan fingerprint density at radius 3 is 2.29 bits per heavy atom. The van der Waals surface area contributed by atoms with E-state index in [-0.39, 0.29) is 12.0 Å². The number of pyridine rings is 1. The van der Waals surface area contributed by atoms with Crippen molar-refractivity contribution in [3.05, 3.63) is 95.7 Å². The van der Waals surface area contributed by atoms with Gasteiger partial charge in [0.2, 0.25) is 0 Å². The molecule has 35 heavy (non-hydrogen) atoms. The molecule has 6 heteroatoms. The molecule has 3 aromatic carbocycles. The number of hydrogen-bond acceptors (Lipinski definition) is 5. The highest BCUT2D eigenvalue weighted by atomic mass is 16.5. The lowest BCUT2D eigenvalue weighted by Gasteiger charge is -2.24. The average Bonchev–Trinajstić information content (AvgIpc) is 2.84. The van der Waals surface area contributed by atoms with Gasteiger partial charge < -0.3 is 19.3 Å². The molecule has 1 N–H and O–H groups in total. The summed E-state index contributed by atoms with van der Waals surface area (Å²) in [4.78, 5) is 15.8. The molecule has 4 rings (SSSR count). The maximum atomic E-state index is 11.1. The van der Waals surface area contributed by atoms with E-state index in [0.717, 1.165) is 27.7 Å². The summed E-state index contributed by atoms with van der Waals surface area (Å²) in [6.07, 6.45) is 0. The van der Waals surface area contributed by atoms with Crippen molar-refractivity contribution in [1.82, 2.24) is 4.98 Å². The van der Waals surface area contributed by atoms with Crippen LogP contribution in [-0.4, -0.2) is 22.7 Å². The van der Waals surface area contributed by atoms with Gasteiger partial charge in [0, 0.05) is 17.0 Å². The SMILES string of the molecule is CC(C)(C)c1cccc(COc2cccc(OCc3ccc4ccccc4n3)c2)c1OCC(=O)O. The molecule has 1 aromatic heterocycles. The van der Waals surface area contributed by atoms with E-state index in [2.05, 4.69) is 25.8 Å². The predicted molar refractivity (Wildman–Crippen MR) is 135 cm³/mol. The minimum atomic E-state index is -1.02. The lowest BCUT2D eigenvalue weighted by Crippen LogP contribution is -2.18. The molecule has 0 atom stereocenters. The summed E-state index contributed by atoms with van der Waals surface area (Å²) in [6, 6.07) is 25.2. The molecule has 4 aromatic rings. The van der Waals surface area contributed by atoms with Gasteiger partial charge in [0.25, 0.3) is 0 Å². The summed E-state index contributed by atoms with van der Waals surface area (Å²) in [5.41, 5.74) is 3.28. The van der Waals surface area contributed by atoms with Crippen molar-refractivity contribution in [2.24, 2.45) is 0 Å². The normalized spacial score (nSPS) is 11.3. The summed E-state index contributed by atoms with van der Waals surface area (Å²) in [7, 11) is 0. The molecule has 0 saturated heterocycles. The Morgan fingerprint density at radius 2 is 1.54 bits per heavy atom. The number of fused-ring (bicyclic) bond motifs is 1. The smallest absolute Gasteiger partial charge is 0.341 e. The van der Waals surface area contributed by atoms with E-state index < -0.39 is 12.6 Å². The number of benzene rings is 3. The monoisotopic (exact) mass is 471 g/mol. The fourth-order valence-electron chi connectivity index (χ4n) is 3.75. The molecular weight excluding hydrogens is 442 g/mol. The van der Waals surface area contributed by atoms with Gasteiger partial charge in [0.15, 0.2) is 6.61 Å². The van der Waals surface area contributed by atoms with Crippen LogP contribution in [0.2, 0.25) is 0 Å². The number of para-hydroxylation sites is 2. The van der Waals surface area contributed by atoms with Crippen molar-refractivity contribution in [2.75, 3.05) is 6.61 Å². The van der Waals surface area contributed by atoms with Crippen LogP contribution in [0.1, 0.15) is 37.6 Å². The number of carboxylic acid groups (broad SMARTS) is 1. The predicted octanol–water partition coefficient (Wildman–Crippen LogP) is 6.15. The second-order valence-corrected chi connectivity index (χ2v) is 9.27. The van der Waals surface area contributed by atoms with Crippen molar-refractivity contribution in [1.29, 1.82) is 0 Å². The van der Waals surface area contributed by atoms with Gasteiger partial charge in [-0.1, -0.05) is 69.3 Å². The third-order valence-corrected chi connectivity index (χ3v) is 5.49. The number of ether oxygens (including phenoxy) is 3. The highest BCUT2D eigenvalue weighted by Gasteiger charge is 2.22. The standard InChI is InChI=1S/C29H29NO5/c1-29(2,3)25-12-6-9-21(28(25)35-19-27(31)32)17-33-23-10-7-11-24(16-23)34-18-22-15-14-20-8-4-5-13-26(20)30-22/h4-16H,17-19H2,1-3H3,(H,31,32). The molecule has 0 radical (unpaired) electrons. The zero-order valence-electron chi connectivity index (χ0n) is 20.2. The third kappa shape index (κ3) is 6.29. The number of aromatic nitrogens is 1. The van der Waals surface area contributed by atoms with E-state index in [4.69, 9.17) is 19.3 Å². The van der Waals surface area contributed by atoms with Gasteiger partial charge in [-0.3, -0.25) is 0 Å². The Kier molecular flexibility index (Phi) is 7.20. The number of carboxylic acids is 1. The van der Waals surface area contributed by atoms with Crippen LogP contribution in [-0.2, 0) is 23.4 Å². The van der Waals surface area contributed by atoms with Gasteiger partial charge in [0.05, 0.1) is 11.2 Å². The molecule has 0 aliphatic heterocycles. The number of hydrogen-bond donors (Lipinski definition) is 1. The summed E-state index contributed by atoms with van der Waals surface area (Å²) < 4.78 is 17.7. The summed E-state index contributed by atoms with van der Waals surface area (Å²) in [5, 5.41) is 10.2. The van der Waals surface area contributed by atoms with Crippen LogP contribution in [0.15, 0.2) is 78.9 Å². The topological polar surface area (TPSA) is 77.9 Å². The van der Waals surface area contributed by atoms with Crippen molar-refractivity contribution in [3.8, 4) is 17.2 Å². The summed E-state index contributed by atoms with van der Waals surface area (Å²) in [5.74, 6) is 0.839. The fraction of sp³-hybridized carbons (Fsp3) is 0.241. The molecule has 1 heterocycles. The molecule has 0 amide bonds. The highest BCUT2D eigenvalue weighted by Crippen LogP contribution is 2.35. The van der Waals surface area contributed by atoms with Gasteiger partial charge in [-0.2, -0.15) is 0 Å². The van der Waals surface area contributed by atoms with Crippen LogP contribution >= 0.6 is 0 Å². The minimum Gasteiger partial charge on any atom is -0.489 e. The molecule has 0 aliphatic rings. The number of aliphatic carboxylic acids is 1. The lowest BCUT2D eigenvalue weighted by molar-refractivity contribution is -0.139. The lowest BCUT2D eigenvalue weighted by atomic mass is 9.85. The number of nitrogens with zero attached hydrogens (tertiary/aromatic N) is 1. The van der Waals surface area contributed by atoms with Crippen molar-refractivity contribution >= 4 is 16.9 Å². The summed E-state index contributed by atoms with van der Waals surface area (Å²) >= 11 is 0. The fourth-order valence-corrected chi connectivity index (χ4v) is 3.75. The van der Waals surface area contributed by atoms with Crippen LogP contribution < -0.4 is 14.2 Å². The molecule has 0 unspecified atom stereocenters. The van der Waals surface area contributed by atoms with Crippen molar-refractivity contribution < 1.29 is 24.1 Å². The molecule has 0 bridgehead atoms. The van der Waals surface area contributed by atoms with E-state index in [1.807, 2.05) is 78.9 Å². The third-order valence-electron chi connectivity index (χ3n) is 5.49. The first-order valence-corrected chi connectivity index (χ1v) is 11.5. The molecule has 6 nitrogen and oxygen atoms in total. The Balaban J connectivity index is 1.45. The Labute approximate surface area is 205 Å². The van der Waals surface area contributed by atoms with Crippen LogP contribution in [0.5, 0.6) is 17.2 Å². The van der Waals surface area contributed by atoms with Gasteiger partial charge in [-0.25, -0.2) is 9.78 Å². The maximum absolute atomic E-state index is 11.1. The van der Waals surface area contributed by atoms with E-state index in [1.165, 1.54) is 0 Å². The molecule has 0 saturated carbocycles. The van der Waals surface area contributed by atoms with Crippen molar-refractivity contribution in [2.45, 2.75) is 39.4 Å². The highest BCUT2D eigenvalue weighted by molar-refractivity contribution is 5.78. The van der Waals surface area contributed by atoms with Crippen LogP contribution in [0.3, 0.4) is 0 Å². The molecular formula is C29H29NO5. The Hall–Kier alpha value is -4.06. The second kappa shape index (κ2) is 10.5. The van der Waals surface area contributed by atoms with Gasteiger partial charge in [-0.15, -0.1) is 0 Å². The Morgan fingerprint density at radius 1 is 0.829 bits per heavy atom. The van der Waals surface area contributed by atoms with Gasteiger partial charge in [-0.05, 0) is 35.2 Å². The summed E-state index contributed by atoms with van der Waals surface area (Å²) in [6.45, 7) is 6.35. The van der Waals surface area contributed by atoms with E-state index in [0.29, 0.717) is 23.9 Å². The first-order valence-electron chi connectivity index (χ1n) is 11.5. The van der Waals surface area contributed by atoms with Gasteiger partial charge >= 0.3 is 5.97 Å². The van der Waals surface area contributed by atoms with E-state index in [1.54, 1.807) is 0 Å². The largest absolute Gasteiger partial charge is 0.489 e. The molecule has 0 fully saturated rings. The first kappa shape index (κ1) is 24.1. The van der Waals surface area contributed by atoms with Crippen LogP contribution in [0, 0.1) is 0 Å². The number of carbonyl (C=O) groups is 1. The van der Waals surface area contributed by atoms with E-state index >= 15 is 0 Å². The van der Waals surface area contributed by atoms with Crippen LogP contribution in [0.25, 0.3) is 10.9 Å². The Bertz CT molecular complexity index is 1330. The average molecular weight is 472 g/mol. The van der Waals surface area contributed by atoms with E-state index in [9.17, 15) is 4.79 Å². The van der Waals surface area contributed by atoms with Crippen LogP contribution in [0.4, 0.5) is 0 Å². The zero-order valence-corrected chi connectivity index (χ0v) is 20.2. The number of rotatable bonds is 9. The first-order chi connectivity index (χ1) is 16.8. The maximum Gasteiger partial charge on any atom is 0.341 e. The molecule has 180 valence electrons. The van der Waals surface area contributed by atoms with Gasteiger partial charge in [0.1, 0.15) is 30.5 Å². The molecule has 0 aliphatic carbocycles. The zero-order chi connectivity index (χ0) is 24.8. The second-order valence-electron chi connectivity index (χ2n) is 9.27. The molecule has 0 spiro atoms. The minimum absolute atomic E-state index is 0.214.